The fourth-order valence-electron chi connectivity index (χ4n) is 1.86. The van der Waals surface area contributed by atoms with E-state index in [-0.39, 0.29) is 6.04 Å². The van der Waals surface area contributed by atoms with Gasteiger partial charge in [0.15, 0.2) is 0 Å². The lowest BCUT2D eigenvalue weighted by molar-refractivity contribution is 0.405. The summed E-state index contributed by atoms with van der Waals surface area (Å²) in [5, 5.41) is 7.98. The number of nitrogens with zero attached hydrogens (tertiary/aromatic N) is 2. The third-order valence-electron chi connectivity index (χ3n) is 2.74. The molecule has 0 aliphatic carbocycles. The van der Waals surface area contributed by atoms with Crippen molar-refractivity contribution in [3.63, 3.8) is 0 Å². The van der Waals surface area contributed by atoms with Gasteiger partial charge in [-0.3, -0.25) is 0 Å². The van der Waals surface area contributed by atoms with E-state index in [1.165, 1.54) is 11.5 Å². The number of hydrogen-bond donors (Lipinski definition) is 1. The van der Waals surface area contributed by atoms with Crippen LogP contribution in [0.3, 0.4) is 0 Å². The van der Waals surface area contributed by atoms with Crippen molar-refractivity contribution in [2.75, 3.05) is 14.2 Å². The Balaban J connectivity index is 2.51. The Morgan fingerprint density at radius 2 is 2.22 bits per heavy atom. The molecule has 6 heteroatoms. The van der Waals surface area contributed by atoms with Gasteiger partial charge >= 0.3 is 0 Å². The highest BCUT2D eigenvalue weighted by Crippen LogP contribution is 2.34. The molecule has 4 nitrogen and oxygen atoms in total. The summed E-state index contributed by atoms with van der Waals surface area (Å²) >= 11 is 7.44. The van der Waals surface area contributed by atoms with Crippen LogP contribution in [0.15, 0.2) is 18.2 Å². The summed E-state index contributed by atoms with van der Waals surface area (Å²) < 4.78 is 9.36. The van der Waals surface area contributed by atoms with Crippen molar-refractivity contribution in [2.45, 2.75) is 13.0 Å². The van der Waals surface area contributed by atoms with Crippen LogP contribution >= 0.6 is 23.1 Å². The van der Waals surface area contributed by atoms with Crippen LogP contribution in [0.2, 0.25) is 5.02 Å². The first-order valence-corrected chi connectivity index (χ1v) is 6.62. The van der Waals surface area contributed by atoms with Gasteiger partial charge in [-0.1, -0.05) is 16.1 Å². The topological polar surface area (TPSA) is 47.0 Å². The molecule has 1 heterocycles. The molecule has 0 saturated carbocycles. The molecule has 0 bridgehead atoms. The number of aromatic nitrogens is 2. The predicted octanol–water partition coefficient (Wildman–Crippen LogP) is 2.82. The highest BCUT2D eigenvalue weighted by Gasteiger charge is 2.21. The molecule has 0 aliphatic heterocycles. The number of ether oxygens (including phenoxy) is 1. The van der Waals surface area contributed by atoms with Gasteiger partial charge < -0.3 is 10.1 Å². The molecule has 1 aromatic heterocycles. The van der Waals surface area contributed by atoms with Crippen LogP contribution in [0.1, 0.15) is 22.2 Å². The molecule has 1 unspecified atom stereocenters. The van der Waals surface area contributed by atoms with Gasteiger partial charge in [0.25, 0.3) is 0 Å². The molecular formula is C12H14ClN3OS. The molecule has 18 heavy (non-hydrogen) atoms. The largest absolute Gasteiger partial charge is 0.496 e. The van der Waals surface area contributed by atoms with Gasteiger partial charge in [0, 0.05) is 10.6 Å². The maximum absolute atomic E-state index is 6.06. The third-order valence-corrected chi connectivity index (χ3v) is 3.87. The van der Waals surface area contributed by atoms with Gasteiger partial charge in [-0.05, 0) is 43.7 Å². The SMILES string of the molecule is CNC(c1cc(Cl)ccc1OC)c1snnc1C. The van der Waals surface area contributed by atoms with Gasteiger partial charge in [-0.25, -0.2) is 0 Å². The van der Waals surface area contributed by atoms with Gasteiger partial charge in [-0.15, -0.1) is 5.10 Å². The zero-order valence-electron chi connectivity index (χ0n) is 10.4. The van der Waals surface area contributed by atoms with Crippen LogP contribution in [-0.4, -0.2) is 23.7 Å². The molecule has 0 amide bonds. The average molecular weight is 284 g/mol. The van der Waals surface area contributed by atoms with E-state index >= 15 is 0 Å². The quantitative estimate of drug-likeness (QED) is 0.937. The molecule has 2 aromatic rings. The van der Waals surface area contributed by atoms with E-state index in [1.54, 1.807) is 7.11 Å². The van der Waals surface area contributed by atoms with E-state index in [9.17, 15) is 0 Å². The van der Waals surface area contributed by atoms with Crippen LogP contribution in [0, 0.1) is 6.92 Å². The number of halogens is 1. The minimum atomic E-state index is -0.0151. The Bertz CT molecular complexity index is 544. The standard InChI is InChI=1S/C12H14ClN3OS/c1-7-12(18-16-15-7)11(14-2)9-6-8(13)4-5-10(9)17-3/h4-6,11,14H,1-3H3. The van der Waals surface area contributed by atoms with Crippen molar-refractivity contribution in [2.24, 2.45) is 0 Å². The first-order chi connectivity index (χ1) is 8.67. The maximum atomic E-state index is 6.06. The Morgan fingerprint density at radius 3 is 2.78 bits per heavy atom. The van der Waals surface area contributed by atoms with Crippen LogP contribution in [0.4, 0.5) is 0 Å². The van der Waals surface area contributed by atoms with E-state index < -0.39 is 0 Å². The number of rotatable bonds is 4. The Labute approximate surface area is 115 Å². The van der Waals surface area contributed by atoms with Crippen LogP contribution < -0.4 is 10.1 Å². The molecule has 1 N–H and O–H groups in total. The Morgan fingerprint density at radius 1 is 1.44 bits per heavy atom. The van der Waals surface area contributed by atoms with E-state index in [0.29, 0.717) is 5.02 Å². The van der Waals surface area contributed by atoms with Gasteiger partial charge in [0.2, 0.25) is 0 Å². The van der Waals surface area contributed by atoms with Crippen molar-refractivity contribution in [1.82, 2.24) is 14.9 Å². The number of benzene rings is 1. The van der Waals surface area contributed by atoms with Crippen molar-refractivity contribution in [1.29, 1.82) is 0 Å². The molecule has 0 radical (unpaired) electrons. The number of nitrogens with one attached hydrogen (secondary N) is 1. The fraction of sp³-hybridized carbons (Fsp3) is 0.333. The molecule has 2 rings (SSSR count). The highest BCUT2D eigenvalue weighted by molar-refractivity contribution is 7.05. The summed E-state index contributed by atoms with van der Waals surface area (Å²) in [7, 11) is 3.54. The van der Waals surface area contributed by atoms with Crippen molar-refractivity contribution < 1.29 is 4.74 Å². The predicted molar refractivity (Wildman–Crippen MR) is 73.6 cm³/mol. The molecule has 1 atom stereocenters. The first-order valence-electron chi connectivity index (χ1n) is 5.47. The smallest absolute Gasteiger partial charge is 0.124 e. The maximum Gasteiger partial charge on any atom is 0.124 e. The summed E-state index contributed by atoms with van der Waals surface area (Å²) in [5.74, 6) is 0.798. The van der Waals surface area contributed by atoms with Gasteiger partial charge in [0.1, 0.15) is 5.75 Å². The second kappa shape index (κ2) is 5.65. The molecular weight excluding hydrogens is 270 g/mol. The highest BCUT2D eigenvalue weighted by atomic mass is 35.5. The number of aryl methyl sites for hydroxylation is 1. The zero-order valence-corrected chi connectivity index (χ0v) is 12.0. The average Bonchev–Trinajstić information content (AvgIpc) is 2.77. The summed E-state index contributed by atoms with van der Waals surface area (Å²) in [6.07, 6.45) is 0. The lowest BCUT2D eigenvalue weighted by Gasteiger charge is -2.18. The second-order valence-electron chi connectivity index (χ2n) is 3.83. The molecule has 96 valence electrons. The minimum Gasteiger partial charge on any atom is -0.496 e. The molecule has 1 aromatic carbocycles. The van der Waals surface area contributed by atoms with Crippen LogP contribution in [0.5, 0.6) is 5.75 Å². The van der Waals surface area contributed by atoms with E-state index in [4.69, 9.17) is 16.3 Å². The van der Waals surface area contributed by atoms with Gasteiger partial charge in [-0.2, -0.15) is 0 Å². The molecule has 0 saturated heterocycles. The van der Waals surface area contributed by atoms with E-state index in [1.807, 2.05) is 32.2 Å². The third kappa shape index (κ3) is 2.48. The zero-order chi connectivity index (χ0) is 13.1. The summed E-state index contributed by atoms with van der Waals surface area (Å²) in [6.45, 7) is 1.94. The molecule has 0 spiro atoms. The Hall–Kier alpha value is -1.17. The van der Waals surface area contributed by atoms with E-state index in [2.05, 4.69) is 14.9 Å². The lowest BCUT2D eigenvalue weighted by Crippen LogP contribution is -2.18. The number of methoxy groups -OCH3 is 1. The summed E-state index contributed by atoms with van der Waals surface area (Å²) in [4.78, 5) is 1.07. The number of hydrogen-bond acceptors (Lipinski definition) is 5. The van der Waals surface area contributed by atoms with Crippen LogP contribution in [-0.2, 0) is 0 Å². The van der Waals surface area contributed by atoms with E-state index in [0.717, 1.165) is 21.9 Å². The first kappa shape index (κ1) is 13.3. The Kier molecular flexibility index (Phi) is 4.16. The van der Waals surface area contributed by atoms with Crippen LogP contribution in [0.25, 0.3) is 0 Å². The van der Waals surface area contributed by atoms with Crippen molar-refractivity contribution in [3.05, 3.63) is 39.4 Å². The summed E-state index contributed by atoms with van der Waals surface area (Å²) in [6, 6.07) is 5.57. The second-order valence-corrected chi connectivity index (χ2v) is 5.05. The fourth-order valence-corrected chi connectivity index (χ4v) is 2.82. The molecule has 0 aliphatic rings. The molecule has 0 fully saturated rings. The minimum absolute atomic E-state index is 0.0151. The van der Waals surface area contributed by atoms with Crippen molar-refractivity contribution in [3.8, 4) is 5.75 Å². The monoisotopic (exact) mass is 283 g/mol. The summed E-state index contributed by atoms with van der Waals surface area (Å²) in [5.41, 5.74) is 1.91. The normalized spacial score (nSPS) is 12.4. The van der Waals surface area contributed by atoms with Gasteiger partial charge in [0.05, 0.1) is 23.7 Å². The van der Waals surface area contributed by atoms with Crippen molar-refractivity contribution >= 4 is 23.1 Å². The lowest BCUT2D eigenvalue weighted by atomic mass is 10.0.